The number of rotatable bonds is 10. The molecule has 15 heteroatoms. The number of aromatic amines is 2. The van der Waals surface area contributed by atoms with E-state index in [0.29, 0.717) is 78.1 Å². The predicted molar refractivity (Wildman–Crippen MR) is 256 cm³/mol. The number of H-pyrrole nitrogens is 2. The number of ether oxygens (including phenoxy) is 2. The van der Waals surface area contributed by atoms with Crippen LogP contribution < -0.4 is 15.0 Å². The lowest BCUT2D eigenvalue weighted by Crippen LogP contribution is -2.19. The average Bonchev–Trinajstić information content (AvgIpc) is 3.94. The van der Waals surface area contributed by atoms with Gasteiger partial charge >= 0.3 is 5.97 Å². The van der Waals surface area contributed by atoms with Crippen LogP contribution in [-0.2, 0) is 0 Å². The molecule has 342 valence electrons. The van der Waals surface area contributed by atoms with Crippen LogP contribution in [0.4, 0.5) is 8.78 Å². The van der Waals surface area contributed by atoms with E-state index in [4.69, 9.17) is 14.7 Å². The Labute approximate surface area is 391 Å². The molecule has 10 aromatic rings. The van der Waals surface area contributed by atoms with Crippen molar-refractivity contribution < 1.29 is 48.4 Å². The van der Waals surface area contributed by atoms with E-state index in [-0.39, 0.29) is 34.6 Å². The number of carboxylic acid groups (broad SMARTS) is 1. The van der Waals surface area contributed by atoms with Crippen LogP contribution in [0.5, 0.6) is 35.0 Å². The van der Waals surface area contributed by atoms with Crippen LogP contribution in [0.15, 0.2) is 158 Å². The number of halogens is 2. The monoisotopic (exact) mass is 923 g/mol. The summed E-state index contributed by atoms with van der Waals surface area (Å²) in [6.07, 6.45) is 0. The van der Waals surface area contributed by atoms with Crippen LogP contribution in [0.1, 0.15) is 31.8 Å². The first kappa shape index (κ1) is 44.8. The molecule has 0 fully saturated rings. The van der Waals surface area contributed by atoms with Crippen molar-refractivity contribution in [1.29, 1.82) is 0 Å². The smallest absolute Gasteiger partial charge is 0.336 e. The molecule has 69 heavy (non-hydrogen) atoms. The maximum Gasteiger partial charge on any atom is 0.336 e. The van der Waals surface area contributed by atoms with Crippen LogP contribution in [0.25, 0.3) is 66.6 Å². The van der Waals surface area contributed by atoms with Crippen molar-refractivity contribution in [2.24, 2.45) is 0 Å². The van der Waals surface area contributed by atoms with Crippen molar-refractivity contribution in [3.8, 4) is 79.5 Å². The number of carbonyl (C=O) groups is 2. The molecule has 13 nitrogen and oxygen atoms in total. The van der Waals surface area contributed by atoms with Crippen LogP contribution >= 0.6 is 0 Å². The molecule has 0 atom stereocenters. The topological polar surface area (TPSA) is 203 Å². The molecule has 2 aromatic heterocycles. The van der Waals surface area contributed by atoms with Crippen molar-refractivity contribution in [1.82, 2.24) is 25.4 Å². The lowest BCUT2D eigenvalue weighted by Gasteiger charge is -2.07. The predicted octanol–water partition coefficient (Wildman–Crippen LogP) is 12.5. The van der Waals surface area contributed by atoms with Gasteiger partial charge in [-0.1, -0.05) is 97.1 Å². The van der Waals surface area contributed by atoms with Gasteiger partial charge in [-0.3, -0.25) is 10.0 Å². The lowest BCUT2D eigenvalue weighted by molar-refractivity contribution is 0.0692. The molecule has 0 spiro atoms. The number of nitrogens with zero attached hydrogens (tertiary/aromatic N) is 2. The number of para-hydroxylation sites is 2. The third-order valence-electron chi connectivity index (χ3n) is 11.3. The standard InChI is InChI=1S/C27H20FN3O4.C27H19FN2O4/c1-15-6-11-18(12-20(15)26(33)31-34)35-27-29-23-13-21(22(28)14-24(23)30-27)17-9-7-16(8-10-17)19-4-2-3-5-25(19)32;1-15-6-11-18(12-20(15)26(32)33)34-27-29-23-13-21(22(28)14-24(23)30-27)17-9-7-16(8-10-17)19-4-2-3-5-25(19)31/h2-14,32,34H,1H3,(H,29,30)(H,31,33);2-14,31H,1H3,(H,29,30)(H,32,33). The van der Waals surface area contributed by atoms with E-state index in [1.807, 2.05) is 48.5 Å². The highest BCUT2D eigenvalue weighted by Gasteiger charge is 2.17. The Hall–Kier alpha value is -9.34. The minimum atomic E-state index is -1.05. The number of aryl methyl sites for hydroxylation is 2. The quantitative estimate of drug-likeness (QED) is 0.0511. The molecular formula is C54H39F2N5O8. The number of imidazole rings is 2. The number of phenols is 2. The summed E-state index contributed by atoms with van der Waals surface area (Å²) >= 11 is 0. The number of aromatic nitrogens is 4. The summed E-state index contributed by atoms with van der Waals surface area (Å²) in [5.41, 5.74) is 10.3. The Morgan fingerprint density at radius 3 is 1.32 bits per heavy atom. The Morgan fingerprint density at radius 1 is 0.522 bits per heavy atom. The van der Waals surface area contributed by atoms with Gasteiger partial charge in [-0.05, 0) is 95.8 Å². The number of benzene rings is 8. The first-order valence-corrected chi connectivity index (χ1v) is 21.2. The highest BCUT2D eigenvalue weighted by molar-refractivity contribution is 5.95. The number of fused-ring (bicyclic) bond motifs is 2. The zero-order valence-electron chi connectivity index (χ0n) is 36.6. The number of hydrogen-bond donors (Lipinski definition) is 7. The molecule has 0 radical (unpaired) electrons. The first-order chi connectivity index (χ1) is 33.3. The van der Waals surface area contributed by atoms with Crippen molar-refractivity contribution in [2.45, 2.75) is 13.8 Å². The maximum atomic E-state index is 15.0. The molecule has 0 unspecified atom stereocenters. The Morgan fingerprint density at radius 2 is 0.913 bits per heavy atom. The van der Waals surface area contributed by atoms with E-state index in [1.165, 1.54) is 24.3 Å². The SMILES string of the molecule is Cc1ccc(Oc2nc3cc(-c4ccc(-c5ccccc5O)cc4)c(F)cc3[nH]2)cc1C(=O)NO.Cc1ccc(Oc2nc3cc(-c4ccc(-c5ccccc5O)cc4)c(F)cc3[nH]2)cc1C(=O)O. The summed E-state index contributed by atoms with van der Waals surface area (Å²) < 4.78 is 41.3. The summed E-state index contributed by atoms with van der Waals surface area (Å²) in [6, 6.07) is 44.2. The molecular weight excluding hydrogens is 885 g/mol. The summed E-state index contributed by atoms with van der Waals surface area (Å²) in [5, 5.41) is 38.4. The highest BCUT2D eigenvalue weighted by atomic mass is 19.1. The molecule has 10 rings (SSSR count). The molecule has 7 N–H and O–H groups in total. The van der Waals surface area contributed by atoms with Gasteiger partial charge in [0.2, 0.25) is 0 Å². The molecule has 0 saturated heterocycles. The third-order valence-corrected chi connectivity index (χ3v) is 11.3. The molecule has 0 aliphatic carbocycles. The number of aromatic carboxylic acids is 1. The van der Waals surface area contributed by atoms with E-state index in [0.717, 1.165) is 11.1 Å². The molecule has 0 bridgehead atoms. The zero-order chi connectivity index (χ0) is 48.3. The van der Waals surface area contributed by atoms with Gasteiger partial charge in [0.1, 0.15) is 34.6 Å². The van der Waals surface area contributed by atoms with Gasteiger partial charge in [0.15, 0.2) is 0 Å². The second-order valence-electron chi connectivity index (χ2n) is 15.9. The second kappa shape index (κ2) is 18.9. The molecule has 0 saturated carbocycles. The lowest BCUT2D eigenvalue weighted by atomic mass is 9.99. The van der Waals surface area contributed by atoms with Gasteiger partial charge in [0.25, 0.3) is 17.9 Å². The van der Waals surface area contributed by atoms with Crippen molar-refractivity contribution >= 4 is 33.9 Å². The minimum Gasteiger partial charge on any atom is -0.507 e. The van der Waals surface area contributed by atoms with Crippen LogP contribution in [0.3, 0.4) is 0 Å². The average molecular weight is 924 g/mol. The summed E-state index contributed by atoms with van der Waals surface area (Å²) in [5.74, 6) is -1.57. The van der Waals surface area contributed by atoms with Gasteiger partial charge in [0.05, 0.1) is 27.6 Å². The fourth-order valence-electron chi connectivity index (χ4n) is 7.74. The Bertz CT molecular complexity index is 3570. The number of hydroxylamine groups is 1. The number of amides is 1. The van der Waals surface area contributed by atoms with Crippen LogP contribution in [0.2, 0.25) is 0 Å². The van der Waals surface area contributed by atoms with Crippen molar-refractivity contribution in [3.63, 3.8) is 0 Å². The first-order valence-electron chi connectivity index (χ1n) is 21.2. The van der Waals surface area contributed by atoms with Crippen molar-refractivity contribution in [3.05, 3.63) is 192 Å². The van der Waals surface area contributed by atoms with Gasteiger partial charge in [-0.25, -0.2) is 19.1 Å². The maximum absolute atomic E-state index is 15.0. The van der Waals surface area contributed by atoms with E-state index in [9.17, 15) is 33.7 Å². The Kier molecular flexibility index (Phi) is 12.3. The molecule has 0 aliphatic rings. The van der Waals surface area contributed by atoms with E-state index in [2.05, 4.69) is 19.9 Å². The minimum absolute atomic E-state index is 0.127. The third kappa shape index (κ3) is 9.52. The van der Waals surface area contributed by atoms with Gasteiger partial charge in [-0.15, -0.1) is 0 Å². The number of hydrogen-bond acceptors (Lipinski definition) is 9. The van der Waals surface area contributed by atoms with E-state index in [1.54, 1.807) is 104 Å². The van der Waals surface area contributed by atoms with Crippen LogP contribution in [0, 0.1) is 25.5 Å². The zero-order valence-corrected chi connectivity index (χ0v) is 36.6. The van der Waals surface area contributed by atoms with E-state index >= 15 is 0 Å². The highest BCUT2D eigenvalue weighted by Crippen LogP contribution is 2.36. The largest absolute Gasteiger partial charge is 0.507 e. The second-order valence-corrected chi connectivity index (χ2v) is 15.9. The van der Waals surface area contributed by atoms with E-state index < -0.39 is 23.5 Å². The van der Waals surface area contributed by atoms with Crippen LogP contribution in [-0.4, -0.2) is 52.3 Å². The summed E-state index contributed by atoms with van der Waals surface area (Å²) in [4.78, 5) is 37.8. The van der Waals surface area contributed by atoms with Gasteiger partial charge in [0, 0.05) is 39.9 Å². The summed E-state index contributed by atoms with van der Waals surface area (Å²) in [6.45, 7) is 3.43. The fraction of sp³-hybridized carbons (Fsp3) is 0.0370. The molecule has 1 amide bonds. The number of nitrogens with one attached hydrogen (secondary N) is 3. The molecule has 8 aromatic carbocycles. The molecule has 2 heterocycles. The number of carbonyl (C=O) groups excluding carboxylic acids is 1. The van der Waals surface area contributed by atoms with Gasteiger partial charge in [-0.2, -0.15) is 9.97 Å². The normalized spacial score (nSPS) is 11.0. The number of aromatic hydroxyl groups is 2. The molecule has 0 aliphatic heterocycles. The number of carboxylic acids is 1. The van der Waals surface area contributed by atoms with Crippen molar-refractivity contribution in [2.75, 3.05) is 0 Å². The summed E-state index contributed by atoms with van der Waals surface area (Å²) in [7, 11) is 0. The Balaban J connectivity index is 0.000000172. The number of phenolic OH excluding ortho intramolecular Hbond substituents is 2. The fourth-order valence-corrected chi connectivity index (χ4v) is 7.74. The van der Waals surface area contributed by atoms with Gasteiger partial charge < -0.3 is 34.8 Å².